The maximum absolute atomic E-state index is 12.8. The molecular weight excluding hydrogens is 537 g/mol. The van der Waals surface area contributed by atoms with Gasteiger partial charge in [-0.1, -0.05) is 32.4 Å². The van der Waals surface area contributed by atoms with E-state index in [1.807, 2.05) is 4.57 Å². The number of nitrogens with one attached hydrogen (secondary N) is 2. The van der Waals surface area contributed by atoms with Crippen molar-refractivity contribution >= 4 is 46.1 Å². The number of ether oxygens (including phenoxy) is 1. The summed E-state index contributed by atoms with van der Waals surface area (Å²) in [4.78, 5) is 28.7. The minimum atomic E-state index is -4.79. The van der Waals surface area contributed by atoms with Crippen LogP contribution in [0.25, 0.3) is 11.0 Å². The minimum absolute atomic E-state index is 0.0341. The van der Waals surface area contributed by atoms with Gasteiger partial charge in [-0.15, -0.1) is 13.2 Å². The molecule has 12 heteroatoms. The quantitative estimate of drug-likeness (QED) is 0.287. The van der Waals surface area contributed by atoms with Crippen LogP contribution < -0.4 is 15.4 Å². The fourth-order valence-electron chi connectivity index (χ4n) is 5.45. The number of imidazole rings is 1. The van der Waals surface area contributed by atoms with E-state index < -0.39 is 24.3 Å². The predicted octanol–water partition coefficient (Wildman–Crippen LogP) is 6.92. The van der Waals surface area contributed by atoms with Crippen molar-refractivity contribution in [3.8, 4) is 5.75 Å². The summed E-state index contributed by atoms with van der Waals surface area (Å²) in [7, 11) is 0. The Morgan fingerprint density at radius 3 is 2.46 bits per heavy atom. The lowest BCUT2D eigenvalue weighted by molar-refractivity contribution is -0.274. The van der Waals surface area contributed by atoms with E-state index in [0.29, 0.717) is 28.6 Å². The molecule has 1 aromatic heterocycles. The summed E-state index contributed by atoms with van der Waals surface area (Å²) >= 11 is 6.52. The number of carbonyl (C=O) groups excluding carboxylic acids is 1. The number of hydrogen-bond acceptors (Lipinski definition) is 5. The lowest BCUT2D eigenvalue weighted by Crippen LogP contribution is -2.38. The maximum atomic E-state index is 12.8. The summed E-state index contributed by atoms with van der Waals surface area (Å²) in [5, 5.41) is 14.9. The van der Waals surface area contributed by atoms with Crippen LogP contribution in [0.2, 0.25) is 5.02 Å². The molecule has 0 unspecified atom stereocenters. The highest BCUT2D eigenvalue weighted by Gasteiger charge is 2.35. The summed E-state index contributed by atoms with van der Waals surface area (Å²) in [6.45, 7) is 7.96. The molecule has 1 heterocycles. The third-order valence-corrected chi connectivity index (χ3v) is 7.13. The standard InChI is InChI=1S/C27H30ClF3N4O4/c1-14-9-17(13-26(3,4)12-14)35-22-11-20(28)19(23(36)32-15(2)24(37)38)10-21(22)34-25(35)33-16-5-7-18(8-6-16)39-27(29,30)31/h5-8,10-11,14-15,17H,9,12-13H2,1-4H3,(H,32,36)(H,33,34)(H,37,38)/t14-,15-,17+/m0/s1. The fourth-order valence-corrected chi connectivity index (χ4v) is 5.69. The molecule has 8 nitrogen and oxygen atoms in total. The normalized spacial score (nSPS) is 19.9. The zero-order valence-corrected chi connectivity index (χ0v) is 22.7. The molecule has 0 aliphatic heterocycles. The Balaban J connectivity index is 1.76. The zero-order chi connectivity index (χ0) is 28.7. The average Bonchev–Trinajstić information content (AvgIpc) is 3.13. The van der Waals surface area contributed by atoms with E-state index in [2.05, 4.69) is 36.1 Å². The van der Waals surface area contributed by atoms with E-state index in [9.17, 15) is 22.8 Å². The van der Waals surface area contributed by atoms with Crippen molar-refractivity contribution in [1.82, 2.24) is 14.9 Å². The molecule has 3 atom stereocenters. The molecule has 1 amide bonds. The molecule has 210 valence electrons. The first-order chi connectivity index (χ1) is 18.1. The summed E-state index contributed by atoms with van der Waals surface area (Å²) in [6, 6.07) is 7.40. The molecule has 1 aliphatic rings. The average molecular weight is 567 g/mol. The lowest BCUT2D eigenvalue weighted by atomic mass is 9.70. The monoisotopic (exact) mass is 566 g/mol. The van der Waals surface area contributed by atoms with Gasteiger partial charge < -0.3 is 25.0 Å². The fraction of sp³-hybridized carbons (Fsp3) is 0.444. The maximum Gasteiger partial charge on any atom is 0.573 e. The number of carboxylic acids is 1. The Bertz CT molecular complexity index is 1390. The number of hydrogen-bond donors (Lipinski definition) is 3. The first kappa shape index (κ1) is 28.5. The van der Waals surface area contributed by atoms with Crippen LogP contribution in [0, 0.1) is 11.3 Å². The zero-order valence-electron chi connectivity index (χ0n) is 21.9. The first-order valence-electron chi connectivity index (χ1n) is 12.5. The molecule has 3 aromatic rings. The summed E-state index contributed by atoms with van der Waals surface area (Å²) in [5.41, 5.74) is 1.77. The molecule has 1 aliphatic carbocycles. The van der Waals surface area contributed by atoms with Crippen LogP contribution in [0.4, 0.5) is 24.8 Å². The molecule has 0 spiro atoms. The number of benzene rings is 2. The van der Waals surface area contributed by atoms with Crippen molar-refractivity contribution < 1.29 is 32.6 Å². The van der Waals surface area contributed by atoms with Crippen molar-refractivity contribution in [1.29, 1.82) is 0 Å². The number of carboxylic acid groups (broad SMARTS) is 1. The van der Waals surface area contributed by atoms with Gasteiger partial charge in [-0.05, 0) is 73.9 Å². The van der Waals surface area contributed by atoms with Gasteiger partial charge in [-0.2, -0.15) is 0 Å². The van der Waals surface area contributed by atoms with Crippen LogP contribution in [0.1, 0.15) is 63.4 Å². The Labute approximate surface area is 228 Å². The number of aliphatic carboxylic acids is 1. The Kier molecular flexibility index (Phi) is 7.75. The van der Waals surface area contributed by atoms with Crippen molar-refractivity contribution in [3.05, 3.63) is 47.0 Å². The Morgan fingerprint density at radius 2 is 1.87 bits per heavy atom. The number of rotatable bonds is 7. The number of anilines is 2. The molecular formula is C27H30ClF3N4O4. The second-order valence-electron chi connectivity index (χ2n) is 10.9. The number of aromatic nitrogens is 2. The van der Waals surface area contributed by atoms with Gasteiger partial charge in [0.15, 0.2) is 0 Å². The van der Waals surface area contributed by atoms with Gasteiger partial charge >= 0.3 is 12.3 Å². The highest BCUT2D eigenvalue weighted by Crippen LogP contribution is 2.46. The highest BCUT2D eigenvalue weighted by molar-refractivity contribution is 6.34. The highest BCUT2D eigenvalue weighted by atomic mass is 35.5. The molecule has 2 aromatic carbocycles. The van der Waals surface area contributed by atoms with Crippen molar-refractivity contribution in [2.45, 2.75) is 65.4 Å². The smallest absolute Gasteiger partial charge is 0.480 e. The van der Waals surface area contributed by atoms with Crippen molar-refractivity contribution in [2.75, 3.05) is 5.32 Å². The largest absolute Gasteiger partial charge is 0.573 e. The van der Waals surface area contributed by atoms with E-state index in [1.165, 1.54) is 37.3 Å². The number of halogens is 4. The van der Waals surface area contributed by atoms with Crippen LogP contribution in [-0.2, 0) is 4.79 Å². The van der Waals surface area contributed by atoms with Gasteiger partial charge in [0, 0.05) is 11.7 Å². The van der Waals surface area contributed by atoms with Crippen LogP contribution >= 0.6 is 11.6 Å². The molecule has 39 heavy (non-hydrogen) atoms. The second-order valence-corrected chi connectivity index (χ2v) is 11.3. The summed E-state index contributed by atoms with van der Waals surface area (Å²) < 4.78 is 43.7. The first-order valence-corrected chi connectivity index (χ1v) is 12.9. The molecule has 1 saturated carbocycles. The van der Waals surface area contributed by atoms with Crippen molar-refractivity contribution in [3.63, 3.8) is 0 Å². The number of nitrogens with zero attached hydrogens (tertiary/aromatic N) is 2. The number of amides is 1. The lowest BCUT2D eigenvalue weighted by Gasteiger charge is -2.40. The van der Waals surface area contributed by atoms with Gasteiger partial charge in [0.05, 0.1) is 21.6 Å². The van der Waals surface area contributed by atoms with E-state index in [0.717, 1.165) is 19.3 Å². The van der Waals surface area contributed by atoms with Gasteiger partial charge in [0.1, 0.15) is 11.8 Å². The molecule has 3 N–H and O–H groups in total. The van der Waals surface area contributed by atoms with Gasteiger partial charge in [0.2, 0.25) is 5.95 Å². The molecule has 4 rings (SSSR count). The third-order valence-electron chi connectivity index (χ3n) is 6.81. The molecule has 1 fully saturated rings. The van der Waals surface area contributed by atoms with Crippen LogP contribution in [-0.4, -0.2) is 38.9 Å². The third kappa shape index (κ3) is 6.76. The van der Waals surface area contributed by atoms with Crippen LogP contribution in [0.15, 0.2) is 36.4 Å². The van der Waals surface area contributed by atoms with Gasteiger partial charge in [0.25, 0.3) is 5.91 Å². The number of alkyl halides is 3. The number of fused-ring (bicyclic) bond motifs is 1. The Hall–Kier alpha value is -3.47. The SMILES string of the molecule is C[C@H]1C[C@@H](n2c(Nc3ccc(OC(F)(F)F)cc3)nc3cc(C(=O)N[C@@H](C)C(=O)O)c(Cl)cc32)CC(C)(C)C1. The second kappa shape index (κ2) is 10.6. The Morgan fingerprint density at radius 1 is 1.21 bits per heavy atom. The topological polar surface area (TPSA) is 105 Å². The van der Waals surface area contributed by atoms with Gasteiger partial charge in [-0.3, -0.25) is 9.59 Å². The van der Waals surface area contributed by atoms with E-state index in [4.69, 9.17) is 21.7 Å². The van der Waals surface area contributed by atoms with Gasteiger partial charge in [-0.25, -0.2) is 4.98 Å². The van der Waals surface area contributed by atoms with E-state index in [1.54, 1.807) is 6.07 Å². The van der Waals surface area contributed by atoms with Crippen LogP contribution in [0.5, 0.6) is 5.75 Å². The van der Waals surface area contributed by atoms with E-state index >= 15 is 0 Å². The summed E-state index contributed by atoms with van der Waals surface area (Å²) in [5.74, 6) is -1.30. The van der Waals surface area contributed by atoms with Crippen LogP contribution in [0.3, 0.4) is 0 Å². The molecule has 0 radical (unpaired) electrons. The minimum Gasteiger partial charge on any atom is -0.480 e. The number of carbonyl (C=O) groups is 2. The van der Waals surface area contributed by atoms with Crippen molar-refractivity contribution in [2.24, 2.45) is 11.3 Å². The van der Waals surface area contributed by atoms with E-state index in [-0.39, 0.29) is 27.8 Å². The predicted molar refractivity (Wildman–Crippen MR) is 142 cm³/mol. The molecule has 0 saturated heterocycles. The molecule has 0 bridgehead atoms. The summed E-state index contributed by atoms with van der Waals surface area (Å²) in [6.07, 6.45) is -2.00.